The van der Waals surface area contributed by atoms with E-state index in [1.807, 2.05) is 6.07 Å². The van der Waals surface area contributed by atoms with Gasteiger partial charge in [0.2, 0.25) is 5.82 Å². The summed E-state index contributed by atoms with van der Waals surface area (Å²) in [6.45, 7) is 0.115. The maximum absolute atomic E-state index is 13.8. The van der Waals surface area contributed by atoms with E-state index in [4.69, 9.17) is 16.1 Å². The van der Waals surface area contributed by atoms with E-state index in [0.29, 0.717) is 29.6 Å². The van der Waals surface area contributed by atoms with E-state index in [-0.39, 0.29) is 40.1 Å². The van der Waals surface area contributed by atoms with Gasteiger partial charge < -0.3 is 9.63 Å². The summed E-state index contributed by atoms with van der Waals surface area (Å²) in [5.41, 5.74) is 0.638. The number of imidazole rings is 1. The zero-order chi connectivity index (χ0) is 22.7. The molecule has 162 valence electrons. The molecular formula is C22H14ClN7O3. The van der Waals surface area contributed by atoms with Crippen molar-refractivity contribution in [3.8, 4) is 17.6 Å². The third kappa shape index (κ3) is 2.94. The van der Waals surface area contributed by atoms with E-state index in [1.165, 1.54) is 10.9 Å². The molecule has 10 nitrogen and oxygen atoms in total. The van der Waals surface area contributed by atoms with E-state index in [1.54, 1.807) is 34.9 Å². The van der Waals surface area contributed by atoms with Gasteiger partial charge in [0.25, 0.3) is 11.4 Å². The molecule has 1 fully saturated rings. The molecule has 11 heteroatoms. The number of pyridine rings is 1. The van der Waals surface area contributed by atoms with Crippen LogP contribution in [0.2, 0.25) is 5.02 Å². The van der Waals surface area contributed by atoms with Gasteiger partial charge in [-0.25, -0.2) is 4.98 Å². The van der Waals surface area contributed by atoms with Gasteiger partial charge in [0, 0.05) is 6.20 Å². The van der Waals surface area contributed by atoms with Crippen molar-refractivity contribution < 1.29 is 9.63 Å². The van der Waals surface area contributed by atoms with Gasteiger partial charge in [-0.05, 0) is 37.1 Å². The molecule has 0 spiro atoms. The molecule has 6 rings (SSSR count). The zero-order valence-corrected chi connectivity index (χ0v) is 17.7. The average molecular weight is 460 g/mol. The van der Waals surface area contributed by atoms with Gasteiger partial charge in [0.15, 0.2) is 0 Å². The van der Waals surface area contributed by atoms with Gasteiger partial charge in [-0.1, -0.05) is 22.8 Å². The van der Waals surface area contributed by atoms with Crippen molar-refractivity contribution in [1.29, 1.82) is 5.26 Å². The standard InChI is InChI=1S/C22H14ClN7O3/c23-14-4-5-15-17(13(14)9-24)29(10-12-3-1-2-8-25-12)20(31)18-16(26-11-30(15)18)19-27-21(33-28-19)22(32)6-7-22/h1-5,8,11,32H,6-7,10H2. The van der Waals surface area contributed by atoms with Crippen molar-refractivity contribution in [2.75, 3.05) is 0 Å². The van der Waals surface area contributed by atoms with E-state index >= 15 is 0 Å². The maximum Gasteiger partial charge on any atom is 0.278 e. The lowest BCUT2D eigenvalue weighted by molar-refractivity contribution is 0.108. The predicted molar refractivity (Wildman–Crippen MR) is 116 cm³/mol. The van der Waals surface area contributed by atoms with Crippen molar-refractivity contribution in [1.82, 2.24) is 29.1 Å². The normalized spacial score (nSPS) is 14.6. The lowest BCUT2D eigenvalue weighted by Gasteiger charge is -2.14. The number of nitrogens with zero attached hydrogens (tertiary/aromatic N) is 7. The smallest absolute Gasteiger partial charge is 0.278 e. The van der Waals surface area contributed by atoms with Crippen LogP contribution in [0.25, 0.3) is 28.1 Å². The van der Waals surface area contributed by atoms with Crippen LogP contribution < -0.4 is 5.56 Å². The van der Waals surface area contributed by atoms with Gasteiger partial charge in [0.1, 0.15) is 29.2 Å². The van der Waals surface area contributed by atoms with E-state index in [9.17, 15) is 15.2 Å². The van der Waals surface area contributed by atoms with Crippen LogP contribution in [-0.2, 0) is 12.1 Å². The predicted octanol–water partition coefficient (Wildman–Crippen LogP) is 2.65. The number of rotatable bonds is 4. The number of hydrogen-bond acceptors (Lipinski definition) is 8. The van der Waals surface area contributed by atoms with Gasteiger partial charge in [-0.15, -0.1) is 0 Å². The highest BCUT2D eigenvalue weighted by molar-refractivity contribution is 6.32. The molecular weight excluding hydrogens is 446 g/mol. The molecule has 4 aromatic heterocycles. The number of aliphatic hydroxyl groups is 1. The lowest BCUT2D eigenvalue weighted by atomic mass is 10.1. The van der Waals surface area contributed by atoms with Crippen molar-refractivity contribution in [2.24, 2.45) is 0 Å². The minimum atomic E-state index is -1.11. The second-order valence-corrected chi connectivity index (χ2v) is 8.29. The van der Waals surface area contributed by atoms with Crippen molar-refractivity contribution in [3.63, 3.8) is 0 Å². The van der Waals surface area contributed by atoms with Crippen LogP contribution in [0.15, 0.2) is 52.2 Å². The monoisotopic (exact) mass is 459 g/mol. The first-order valence-electron chi connectivity index (χ1n) is 10.1. The first kappa shape index (κ1) is 19.6. The van der Waals surface area contributed by atoms with Crippen LogP contribution in [-0.4, -0.2) is 34.2 Å². The molecule has 0 radical (unpaired) electrons. The zero-order valence-electron chi connectivity index (χ0n) is 16.9. The Bertz CT molecular complexity index is 1660. The Morgan fingerprint density at radius 2 is 2.06 bits per heavy atom. The van der Waals surface area contributed by atoms with Gasteiger partial charge in [-0.3, -0.25) is 18.7 Å². The van der Waals surface area contributed by atoms with Crippen LogP contribution in [0.3, 0.4) is 0 Å². The summed E-state index contributed by atoms with van der Waals surface area (Å²) in [5, 5.41) is 24.2. The highest BCUT2D eigenvalue weighted by Gasteiger charge is 2.48. The first-order valence-corrected chi connectivity index (χ1v) is 10.5. The van der Waals surface area contributed by atoms with Gasteiger partial charge >= 0.3 is 0 Å². The Morgan fingerprint density at radius 1 is 1.21 bits per heavy atom. The Hall–Kier alpha value is -4.07. The Labute approximate surface area is 190 Å². The van der Waals surface area contributed by atoms with Crippen LogP contribution in [0.1, 0.15) is 30.0 Å². The SMILES string of the molecule is N#Cc1c(Cl)ccc2c1n(Cc1ccccn1)c(=O)c1c(-c3noc(C4(O)CC4)n3)ncn12. The van der Waals surface area contributed by atoms with E-state index in [2.05, 4.69) is 26.2 Å². The summed E-state index contributed by atoms with van der Waals surface area (Å²) in [6, 6.07) is 10.8. The van der Waals surface area contributed by atoms with Crippen molar-refractivity contribution in [3.05, 3.63) is 75.4 Å². The summed E-state index contributed by atoms with van der Waals surface area (Å²) < 4.78 is 8.27. The molecule has 1 saturated carbocycles. The topological polar surface area (TPSA) is 135 Å². The molecule has 0 aliphatic heterocycles. The van der Waals surface area contributed by atoms with E-state index in [0.717, 1.165) is 0 Å². The largest absolute Gasteiger partial charge is 0.380 e. The molecule has 0 atom stereocenters. The Balaban J connectivity index is 1.67. The van der Waals surface area contributed by atoms with Crippen molar-refractivity contribution >= 4 is 28.2 Å². The number of nitriles is 1. The second-order valence-electron chi connectivity index (χ2n) is 7.88. The van der Waals surface area contributed by atoms with Crippen molar-refractivity contribution in [2.45, 2.75) is 25.0 Å². The second kappa shape index (κ2) is 6.96. The summed E-state index contributed by atoms with van der Waals surface area (Å²) >= 11 is 6.30. The Kier molecular flexibility index (Phi) is 4.14. The summed E-state index contributed by atoms with van der Waals surface area (Å²) in [4.78, 5) is 26.8. The van der Waals surface area contributed by atoms with Crippen LogP contribution in [0.4, 0.5) is 0 Å². The van der Waals surface area contributed by atoms with Gasteiger partial charge in [-0.2, -0.15) is 10.2 Å². The molecule has 1 aromatic carbocycles. The highest BCUT2D eigenvalue weighted by atomic mass is 35.5. The third-order valence-corrected chi connectivity index (χ3v) is 6.08. The molecule has 1 aliphatic rings. The fraction of sp³-hybridized carbons (Fsp3) is 0.182. The molecule has 33 heavy (non-hydrogen) atoms. The molecule has 0 bridgehead atoms. The number of benzene rings is 1. The molecule has 5 aromatic rings. The summed E-state index contributed by atoms with van der Waals surface area (Å²) in [7, 11) is 0. The van der Waals surface area contributed by atoms with Gasteiger partial charge in [0.05, 0.1) is 33.9 Å². The quantitative estimate of drug-likeness (QED) is 0.433. The van der Waals surface area contributed by atoms with Crippen LogP contribution >= 0.6 is 11.6 Å². The summed E-state index contributed by atoms with van der Waals surface area (Å²) in [6.07, 6.45) is 4.18. The molecule has 1 aliphatic carbocycles. The first-order chi connectivity index (χ1) is 16.0. The minimum absolute atomic E-state index is 0.100. The number of hydrogen-bond donors (Lipinski definition) is 1. The third-order valence-electron chi connectivity index (χ3n) is 5.77. The highest BCUT2D eigenvalue weighted by Crippen LogP contribution is 2.44. The molecule has 0 unspecified atom stereocenters. The summed E-state index contributed by atoms with van der Waals surface area (Å²) in [5.74, 6) is 0.204. The number of fused-ring (bicyclic) bond motifs is 3. The fourth-order valence-corrected chi connectivity index (χ4v) is 4.10. The molecule has 0 saturated heterocycles. The Morgan fingerprint density at radius 3 is 2.79 bits per heavy atom. The minimum Gasteiger partial charge on any atom is -0.380 e. The maximum atomic E-state index is 13.8. The molecule has 4 heterocycles. The molecule has 1 N–H and O–H groups in total. The number of aromatic nitrogens is 6. The number of halogens is 1. The van der Waals surface area contributed by atoms with Crippen LogP contribution in [0.5, 0.6) is 0 Å². The fourth-order valence-electron chi connectivity index (χ4n) is 3.90. The lowest BCUT2D eigenvalue weighted by Crippen LogP contribution is -2.25. The average Bonchev–Trinajstić information content (AvgIpc) is 3.22. The van der Waals surface area contributed by atoms with E-state index < -0.39 is 11.2 Å². The molecule has 0 amide bonds. The van der Waals surface area contributed by atoms with Crippen LogP contribution in [0, 0.1) is 11.3 Å².